The highest BCUT2D eigenvalue weighted by molar-refractivity contribution is 9.10. The van der Waals surface area contributed by atoms with Gasteiger partial charge in [-0.1, -0.05) is 53.2 Å². The molecule has 1 fully saturated rings. The van der Waals surface area contributed by atoms with E-state index in [2.05, 4.69) is 26.3 Å². The number of urea groups is 1. The van der Waals surface area contributed by atoms with Crippen LogP contribution in [0, 0.1) is 5.82 Å². The zero-order valence-electron chi connectivity index (χ0n) is 13.4. The Bertz CT molecular complexity index is 857. The van der Waals surface area contributed by atoms with Crippen molar-refractivity contribution in [2.24, 2.45) is 5.10 Å². The van der Waals surface area contributed by atoms with Crippen LogP contribution in [0.4, 0.5) is 9.18 Å². The van der Waals surface area contributed by atoms with Crippen LogP contribution in [0.25, 0.3) is 0 Å². The zero-order valence-corrected chi connectivity index (χ0v) is 15.0. The summed E-state index contributed by atoms with van der Waals surface area (Å²) in [7, 11) is 0. The van der Waals surface area contributed by atoms with Crippen LogP contribution in [-0.2, 0) is 10.3 Å². The molecule has 128 valence electrons. The molecule has 3 amide bonds. The number of hydrogen-bond donors (Lipinski definition) is 1. The van der Waals surface area contributed by atoms with Gasteiger partial charge in [0, 0.05) is 10.0 Å². The van der Waals surface area contributed by atoms with E-state index in [-0.39, 0.29) is 5.56 Å². The second-order valence-corrected chi connectivity index (χ2v) is 6.50. The lowest BCUT2D eigenvalue weighted by Crippen LogP contribution is -2.43. The van der Waals surface area contributed by atoms with Crippen LogP contribution >= 0.6 is 15.9 Å². The highest BCUT2D eigenvalue weighted by Gasteiger charge is 2.51. The summed E-state index contributed by atoms with van der Waals surface area (Å²) in [5.41, 5.74) is -0.297. The molecule has 1 heterocycles. The van der Waals surface area contributed by atoms with Crippen LogP contribution in [0.1, 0.15) is 24.5 Å². The van der Waals surface area contributed by atoms with E-state index in [1.807, 2.05) is 13.0 Å². The van der Waals surface area contributed by atoms with Gasteiger partial charge in [-0.25, -0.2) is 9.18 Å². The molecule has 25 heavy (non-hydrogen) atoms. The van der Waals surface area contributed by atoms with E-state index in [1.54, 1.807) is 30.3 Å². The van der Waals surface area contributed by atoms with Crippen molar-refractivity contribution in [1.29, 1.82) is 0 Å². The molecular formula is C18H15BrFN3O2. The molecule has 1 aliphatic rings. The van der Waals surface area contributed by atoms with Crippen LogP contribution in [0.2, 0.25) is 0 Å². The van der Waals surface area contributed by atoms with E-state index in [4.69, 9.17) is 0 Å². The number of imide groups is 1. The number of halogens is 2. The molecule has 0 radical (unpaired) electrons. The number of nitrogens with zero attached hydrogens (tertiary/aromatic N) is 2. The summed E-state index contributed by atoms with van der Waals surface area (Å²) in [6, 6.07) is 12.8. The number of benzene rings is 2. The van der Waals surface area contributed by atoms with Gasteiger partial charge < -0.3 is 5.32 Å². The van der Waals surface area contributed by atoms with Crippen LogP contribution in [0.3, 0.4) is 0 Å². The summed E-state index contributed by atoms with van der Waals surface area (Å²) in [6.07, 6.45) is 1.54. The van der Waals surface area contributed by atoms with Gasteiger partial charge in [-0.05, 0) is 30.2 Å². The van der Waals surface area contributed by atoms with Gasteiger partial charge in [0.2, 0.25) is 0 Å². The van der Waals surface area contributed by atoms with Crippen molar-refractivity contribution in [3.63, 3.8) is 0 Å². The molecule has 1 atom stereocenters. The molecule has 0 spiro atoms. The number of hydrogen-bond acceptors (Lipinski definition) is 3. The monoisotopic (exact) mass is 403 g/mol. The smallest absolute Gasteiger partial charge is 0.318 e. The maximum Gasteiger partial charge on any atom is 0.346 e. The minimum absolute atomic E-state index is 0.178. The molecule has 1 aliphatic heterocycles. The van der Waals surface area contributed by atoms with Crippen molar-refractivity contribution in [3.05, 3.63) is 69.9 Å². The Labute approximate surface area is 152 Å². The fourth-order valence-electron chi connectivity index (χ4n) is 2.76. The summed E-state index contributed by atoms with van der Waals surface area (Å²) < 4.78 is 14.5. The highest BCUT2D eigenvalue weighted by atomic mass is 79.9. The molecule has 0 aromatic heterocycles. The predicted octanol–water partition coefficient (Wildman–Crippen LogP) is 3.78. The van der Waals surface area contributed by atoms with Gasteiger partial charge in [0.15, 0.2) is 0 Å². The standard InChI is InChI=1S/C18H15BrFN3O2/c1-2-18(13-6-4-3-5-7-13)16(24)23(17(25)22-18)21-11-12-8-9-14(19)10-15(12)20/h3-11H,2H2,1H3,(H,22,25)/b21-11-/t18-/m0/s1. The normalized spacial score (nSPS) is 20.4. The summed E-state index contributed by atoms with van der Waals surface area (Å²) in [5, 5.41) is 7.37. The fraction of sp³-hybridized carbons (Fsp3) is 0.167. The molecular weight excluding hydrogens is 389 g/mol. The van der Waals surface area contributed by atoms with Crippen LogP contribution in [0.5, 0.6) is 0 Å². The molecule has 0 aliphatic carbocycles. The van der Waals surface area contributed by atoms with Gasteiger partial charge in [0.1, 0.15) is 11.4 Å². The molecule has 7 heteroatoms. The quantitative estimate of drug-likeness (QED) is 0.623. The topological polar surface area (TPSA) is 61.8 Å². The molecule has 1 saturated heterocycles. The lowest BCUT2D eigenvalue weighted by molar-refractivity contribution is -0.131. The Kier molecular flexibility index (Phi) is 4.67. The Hall–Kier alpha value is -2.54. The minimum atomic E-state index is -1.16. The molecule has 2 aromatic rings. The third-order valence-electron chi connectivity index (χ3n) is 4.14. The summed E-state index contributed by atoms with van der Waals surface area (Å²) in [4.78, 5) is 25.1. The van der Waals surface area contributed by atoms with Crippen LogP contribution in [0.15, 0.2) is 58.1 Å². The van der Waals surface area contributed by atoms with E-state index in [1.165, 1.54) is 12.1 Å². The first-order valence-electron chi connectivity index (χ1n) is 7.69. The van der Waals surface area contributed by atoms with Crippen molar-refractivity contribution in [3.8, 4) is 0 Å². The molecule has 0 unspecified atom stereocenters. The lowest BCUT2D eigenvalue weighted by atomic mass is 9.87. The zero-order chi connectivity index (χ0) is 18.0. The first-order chi connectivity index (χ1) is 12.0. The summed E-state index contributed by atoms with van der Waals surface area (Å²) in [6.45, 7) is 1.81. The van der Waals surface area contributed by atoms with Gasteiger partial charge >= 0.3 is 6.03 Å². The Morgan fingerprint density at radius 1 is 1.24 bits per heavy atom. The third-order valence-corrected chi connectivity index (χ3v) is 4.64. The number of nitrogens with one attached hydrogen (secondary N) is 1. The van der Waals surface area contributed by atoms with Gasteiger partial charge in [-0.2, -0.15) is 5.10 Å². The highest BCUT2D eigenvalue weighted by Crippen LogP contribution is 2.32. The van der Waals surface area contributed by atoms with E-state index in [0.717, 1.165) is 11.2 Å². The van der Waals surface area contributed by atoms with Crippen molar-refractivity contribution in [2.45, 2.75) is 18.9 Å². The fourth-order valence-corrected chi connectivity index (χ4v) is 3.09. The van der Waals surface area contributed by atoms with E-state index >= 15 is 0 Å². The summed E-state index contributed by atoms with van der Waals surface area (Å²) >= 11 is 3.17. The molecule has 3 rings (SSSR count). The molecule has 0 bridgehead atoms. The SMILES string of the molecule is CC[C@@]1(c2ccccc2)NC(=O)N(/N=C\c2ccc(Br)cc2F)C1=O. The maximum atomic E-state index is 13.9. The average Bonchev–Trinajstić information content (AvgIpc) is 2.86. The Morgan fingerprint density at radius 2 is 1.96 bits per heavy atom. The van der Waals surface area contributed by atoms with Crippen LogP contribution < -0.4 is 5.32 Å². The van der Waals surface area contributed by atoms with E-state index in [9.17, 15) is 14.0 Å². The first-order valence-corrected chi connectivity index (χ1v) is 8.48. The number of carbonyl (C=O) groups excluding carboxylic acids is 2. The van der Waals surface area contributed by atoms with Gasteiger partial charge in [-0.15, -0.1) is 5.01 Å². The van der Waals surface area contributed by atoms with Gasteiger partial charge in [0.05, 0.1) is 6.21 Å². The molecule has 1 N–H and O–H groups in total. The third kappa shape index (κ3) is 3.07. The second-order valence-electron chi connectivity index (χ2n) is 5.58. The number of amides is 3. The largest absolute Gasteiger partial charge is 0.346 e. The number of rotatable bonds is 4. The van der Waals surface area contributed by atoms with E-state index < -0.39 is 23.3 Å². The molecule has 5 nitrogen and oxygen atoms in total. The minimum Gasteiger partial charge on any atom is -0.318 e. The van der Waals surface area contributed by atoms with Crippen molar-refractivity contribution in [1.82, 2.24) is 10.3 Å². The Balaban J connectivity index is 1.92. The summed E-state index contributed by atoms with van der Waals surface area (Å²) in [5.74, 6) is -0.991. The average molecular weight is 404 g/mol. The van der Waals surface area contributed by atoms with E-state index in [0.29, 0.717) is 16.5 Å². The van der Waals surface area contributed by atoms with Gasteiger partial charge in [-0.3, -0.25) is 4.79 Å². The predicted molar refractivity (Wildman–Crippen MR) is 95.5 cm³/mol. The Morgan fingerprint density at radius 3 is 2.60 bits per heavy atom. The molecule has 2 aromatic carbocycles. The molecule has 0 saturated carbocycles. The second kappa shape index (κ2) is 6.76. The number of hydrazone groups is 1. The van der Waals surface area contributed by atoms with Gasteiger partial charge in [0.25, 0.3) is 5.91 Å². The maximum absolute atomic E-state index is 13.9. The lowest BCUT2D eigenvalue weighted by Gasteiger charge is -2.24. The van der Waals surface area contributed by atoms with Crippen LogP contribution in [-0.4, -0.2) is 23.2 Å². The van der Waals surface area contributed by atoms with Crippen molar-refractivity contribution >= 4 is 34.1 Å². The first kappa shape index (κ1) is 17.3. The number of carbonyl (C=O) groups is 2. The van der Waals surface area contributed by atoms with Crippen molar-refractivity contribution < 1.29 is 14.0 Å². The van der Waals surface area contributed by atoms with Crippen molar-refractivity contribution in [2.75, 3.05) is 0 Å².